The van der Waals surface area contributed by atoms with Crippen molar-refractivity contribution >= 4 is 37.0 Å². The number of esters is 1. The minimum Gasteiger partial charge on any atom is -0.474 e. The molecule has 0 aliphatic rings. The van der Waals surface area contributed by atoms with Crippen LogP contribution in [0.1, 0.15) is 118 Å². The van der Waals surface area contributed by atoms with Crippen LogP contribution in [0.25, 0.3) is 0 Å². The van der Waals surface area contributed by atoms with Gasteiger partial charge in [-0.05, 0) is 38.3 Å². The van der Waals surface area contributed by atoms with Gasteiger partial charge in [-0.1, -0.05) is 97.2 Å². The van der Waals surface area contributed by atoms with Crippen LogP contribution in [-0.2, 0) is 39.6 Å². The van der Waals surface area contributed by atoms with E-state index in [0.29, 0.717) is 12.8 Å². The number of ether oxygens (including phenoxy) is 1. The topological polar surface area (TPSA) is 121 Å². The molecule has 0 bridgehead atoms. The fourth-order valence-electron chi connectivity index (χ4n) is 5.37. The van der Waals surface area contributed by atoms with Crippen molar-refractivity contribution in [1.82, 2.24) is 4.72 Å². The molecule has 0 saturated carbocycles. The average Bonchev–Trinajstić information content (AvgIpc) is 3.45. The van der Waals surface area contributed by atoms with E-state index in [1.54, 1.807) is 20.1 Å². The number of furan rings is 1. The highest BCUT2D eigenvalue weighted by molar-refractivity contribution is 7.90. The minimum absolute atomic E-state index is 0.126. The molecular formula is C31H60NO8PSSi. The van der Waals surface area contributed by atoms with Gasteiger partial charge >= 0.3 is 13.6 Å². The fourth-order valence-corrected chi connectivity index (χ4v) is 11.8. The average molecular weight is 666 g/mol. The van der Waals surface area contributed by atoms with Crippen molar-refractivity contribution in [2.24, 2.45) is 0 Å². The predicted molar refractivity (Wildman–Crippen MR) is 178 cm³/mol. The van der Waals surface area contributed by atoms with E-state index >= 15 is 0 Å². The molecule has 0 radical (unpaired) electrons. The molecule has 1 heterocycles. The van der Waals surface area contributed by atoms with E-state index in [-0.39, 0.29) is 38.8 Å². The van der Waals surface area contributed by atoms with Crippen LogP contribution in [0.15, 0.2) is 16.7 Å². The smallest absolute Gasteiger partial charge is 0.330 e. The van der Waals surface area contributed by atoms with Crippen LogP contribution in [0.5, 0.6) is 0 Å². The van der Waals surface area contributed by atoms with E-state index in [9.17, 15) is 17.8 Å². The van der Waals surface area contributed by atoms with Crippen LogP contribution in [0, 0.1) is 0 Å². The summed E-state index contributed by atoms with van der Waals surface area (Å²) in [6, 6.07) is 5.36. The molecular weight excluding hydrogens is 605 g/mol. The lowest BCUT2D eigenvalue weighted by Crippen LogP contribution is -2.44. The molecule has 9 nitrogen and oxygen atoms in total. The lowest BCUT2D eigenvalue weighted by atomic mass is 10.1. The Morgan fingerprint density at radius 2 is 1.47 bits per heavy atom. The third kappa shape index (κ3) is 14.8. The summed E-state index contributed by atoms with van der Waals surface area (Å²) in [6.07, 6.45) is 11.9. The Balaban J connectivity index is 2.80. The van der Waals surface area contributed by atoms with Gasteiger partial charge in [0.2, 0.25) is 15.5 Å². The molecule has 0 fully saturated rings. The molecule has 12 heteroatoms. The van der Waals surface area contributed by atoms with E-state index in [2.05, 4.69) is 38.5 Å². The van der Waals surface area contributed by atoms with Gasteiger partial charge in [0.25, 0.3) is 0 Å². The second-order valence-corrected chi connectivity index (χ2v) is 20.6. The summed E-state index contributed by atoms with van der Waals surface area (Å²) in [4.78, 5) is 12.7. The lowest BCUT2D eigenvalue weighted by Gasteiger charge is -2.24. The zero-order chi connectivity index (χ0) is 32.2. The number of rotatable bonds is 27. The summed E-state index contributed by atoms with van der Waals surface area (Å²) >= 11 is 0. The zero-order valence-corrected chi connectivity index (χ0v) is 30.5. The Kier molecular flexibility index (Phi) is 20.2. The van der Waals surface area contributed by atoms with Crippen molar-refractivity contribution in [1.29, 1.82) is 0 Å². The van der Waals surface area contributed by atoms with E-state index in [1.807, 2.05) is 0 Å². The Labute approximate surface area is 263 Å². The fraction of sp³-hybridized carbons (Fsp3) is 0.839. The Morgan fingerprint density at radius 1 is 0.907 bits per heavy atom. The van der Waals surface area contributed by atoms with Gasteiger partial charge in [0.1, 0.15) is 8.07 Å². The van der Waals surface area contributed by atoms with E-state index in [1.165, 1.54) is 32.1 Å². The third-order valence-electron chi connectivity index (χ3n) is 8.31. The molecule has 1 unspecified atom stereocenters. The van der Waals surface area contributed by atoms with Crippen LogP contribution in [0.3, 0.4) is 0 Å². The number of hydrogen-bond acceptors (Lipinski definition) is 8. The Bertz CT molecular complexity index is 1030. The van der Waals surface area contributed by atoms with Gasteiger partial charge in [-0.3, -0.25) is 9.36 Å². The number of sulfonamides is 1. The van der Waals surface area contributed by atoms with Crippen LogP contribution >= 0.6 is 7.60 Å². The zero-order valence-electron chi connectivity index (χ0n) is 27.8. The van der Waals surface area contributed by atoms with Crippen LogP contribution in [-0.4, -0.2) is 53.8 Å². The summed E-state index contributed by atoms with van der Waals surface area (Å²) in [6.45, 7) is 12.7. The highest BCUT2D eigenvalue weighted by atomic mass is 32.2. The molecule has 0 aliphatic carbocycles. The normalized spacial score (nSPS) is 13.3. The second-order valence-electron chi connectivity index (χ2n) is 11.3. The third-order valence-corrected chi connectivity index (χ3v) is 17.4. The highest BCUT2D eigenvalue weighted by Crippen LogP contribution is 2.49. The molecule has 0 aromatic carbocycles. The number of unbranched alkanes of at least 4 members (excludes halogenated alkanes) is 8. The molecule has 0 saturated heterocycles. The summed E-state index contributed by atoms with van der Waals surface area (Å²) in [5.41, 5.74) is -0.561. The van der Waals surface area contributed by atoms with E-state index in [0.717, 1.165) is 48.3 Å². The molecule has 1 aromatic rings. The first-order valence-electron chi connectivity index (χ1n) is 16.7. The summed E-state index contributed by atoms with van der Waals surface area (Å²) in [7, 11) is -9.26. The largest absolute Gasteiger partial charge is 0.474 e. The van der Waals surface area contributed by atoms with Crippen molar-refractivity contribution in [3.8, 4) is 0 Å². The molecule has 0 aliphatic heterocycles. The summed E-state index contributed by atoms with van der Waals surface area (Å²) < 4.78 is 64.4. The Morgan fingerprint density at radius 3 is 2.00 bits per heavy atom. The van der Waals surface area contributed by atoms with Crippen LogP contribution < -0.4 is 10.1 Å². The maximum absolute atomic E-state index is 13.3. The first-order chi connectivity index (χ1) is 20.5. The van der Waals surface area contributed by atoms with Crippen molar-refractivity contribution < 1.29 is 36.0 Å². The Hall–Kier alpha value is -0.973. The maximum Gasteiger partial charge on any atom is 0.330 e. The number of carbonyl (C=O) groups excluding carboxylic acids is 1. The molecule has 252 valence electrons. The first-order valence-corrected chi connectivity index (χ1v) is 22.6. The quantitative estimate of drug-likeness (QED) is 0.0436. The lowest BCUT2D eigenvalue weighted by molar-refractivity contribution is -0.145. The van der Waals surface area contributed by atoms with Gasteiger partial charge in [-0.2, -0.15) is 0 Å². The maximum atomic E-state index is 13.3. The van der Waals surface area contributed by atoms with Crippen molar-refractivity contribution in [3.05, 3.63) is 17.9 Å². The van der Waals surface area contributed by atoms with Gasteiger partial charge < -0.3 is 18.2 Å². The van der Waals surface area contributed by atoms with Crippen molar-refractivity contribution in [2.45, 2.75) is 142 Å². The van der Waals surface area contributed by atoms with Gasteiger partial charge in [-0.15, -0.1) is 0 Å². The molecule has 1 aromatic heterocycles. The van der Waals surface area contributed by atoms with Crippen molar-refractivity contribution in [3.63, 3.8) is 0 Å². The SMILES string of the molecule is CCCCCCCCCCCC(=O)OC(CCP(=O)(OCC)OCC)S(=O)(=O)NCCc1coc([Si](CC)(CC)CC)c1. The molecule has 1 rings (SSSR count). The van der Waals surface area contributed by atoms with Crippen molar-refractivity contribution in [2.75, 3.05) is 25.9 Å². The summed E-state index contributed by atoms with van der Waals surface area (Å²) in [5, 5.41) is 1.06. The minimum atomic E-state index is -4.07. The first kappa shape index (κ1) is 40.1. The number of carbonyl (C=O) groups is 1. The highest BCUT2D eigenvalue weighted by Gasteiger charge is 2.35. The van der Waals surface area contributed by atoms with Gasteiger partial charge in [-0.25, -0.2) is 13.1 Å². The standard InChI is InChI=1S/C31H60NO8PSSi/c1-7-13-14-15-16-17-18-19-20-21-29(33)40-30(23-25-41(34,38-8-2)39-9-3)42(35,36)32-24-22-28-26-31(37-27-28)43(10-4,11-5)12-6/h26-27,30,32H,7-25H2,1-6H3. The molecule has 0 amide bonds. The second kappa shape index (κ2) is 21.7. The molecule has 43 heavy (non-hydrogen) atoms. The monoisotopic (exact) mass is 665 g/mol. The molecule has 1 atom stereocenters. The van der Waals surface area contributed by atoms with Crippen LogP contribution in [0.2, 0.25) is 18.1 Å². The van der Waals surface area contributed by atoms with Crippen LogP contribution in [0.4, 0.5) is 0 Å². The summed E-state index contributed by atoms with van der Waals surface area (Å²) in [5.74, 6) is -0.569. The molecule has 0 spiro atoms. The van der Waals surface area contributed by atoms with Gasteiger partial charge in [0, 0.05) is 19.4 Å². The number of nitrogens with one attached hydrogen (secondary N) is 1. The number of hydrogen-bond donors (Lipinski definition) is 1. The predicted octanol–water partition coefficient (Wildman–Crippen LogP) is 7.90. The molecule has 1 N–H and O–H groups in total. The van der Waals surface area contributed by atoms with Gasteiger partial charge in [0.05, 0.1) is 31.0 Å². The van der Waals surface area contributed by atoms with E-state index in [4.69, 9.17) is 18.2 Å². The van der Waals surface area contributed by atoms with Gasteiger partial charge in [0.15, 0.2) is 0 Å². The van der Waals surface area contributed by atoms with E-state index < -0.39 is 37.1 Å².